The number of hydrogen-bond donors (Lipinski definition) is 1. The summed E-state index contributed by atoms with van der Waals surface area (Å²) in [6, 6.07) is 25.5. The first-order valence-electron chi connectivity index (χ1n) is 17.6. The fourth-order valence-electron chi connectivity index (χ4n) is 7.56. The van der Waals surface area contributed by atoms with Gasteiger partial charge in [0.1, 0.15) is 29.0 Å². The molecule has 1 fully saturated rings. The molecule has 3 atom stereocenters. The van der Waals surface area contributed by atoms with Crippen LogP contribution in [0.2, 0.25) is 0 Å². The van der Waals surface area contributed by atoms with Gasteiger partial charge in [-0.3, -0.25) is 4.79 Å². The maximum absolute atomic E-state index is 14.9. The van der Waals surface area contributed by atoms with Gasteiger partial charge >= 0.3 is 6.09 Å². The van der Waals surface area contributed by atoms with Gasteiger partial charge in [-0.15, -0.1) is 0 Å². The summed E-state index contributed by atoms with van der Waals surface area (Å²) in [5.74, 6) is 0.426. The number of carbonyl (C=O) groups excluding carboxylic acids is 2. The van der Waals surface area contributed by atoms with Crippen LogP contribution < -0.4 is 4.74 Å². The summed E-state index contributed by atoms with van der Waals surface area (Å²) in [7, 11) is 1.52. The summed E-state index contributed by atoms with van der Waals surface area (Å²) in [6.45, 7) is 13.0. The van der Waals surface area contributed by atoms with E-state index >= 15 is 0 Å². The number of likely N-dealkylation sites (tertiary alicyclic amines) is 1. The van der Waals surface area contributed by atoms with Crippen molar-refractivity contribution in [3.8, 4) is 16.9 Å². The van der Waals surface area contributed by atoms with E-state index in [4.69, 9.17) is 19.2 Å². The highest BCUT2D eigenvalue weighted by Gasteiger charge is 2.50. The van der Waals surface area contributed by atoms with E-state index in [0.717, 1.165) is 33.3 Å². The lowest BCUT2D eigenvalue weighted by Crippen LogP contribution is -2.63. The molecule has 2 aliphatic rings. The van der Waals surface area contributed by atoms with Gasteiger partial charge in [0, 0.05) is 43.3 Å². The van der Waals surface area contributed by atoms with Crippen LogP contribution in [-0.4, -0.2) is 63.9 Å². The summed E-state index contributed by atoms with van der Waals surface area (Å²) in [6.07, 6.45) is -0.282. The molecule has 0 radical (unpaired) electrons. The van der Waals surface area contributed by atoms with E-state index < -0.39 is 17.5 Å². The lowest BCUT2D eigenvalue weighted by molar-refractivity contribution is -0.0430. The van der Waals surface area contributed by atoms with Crippen molar-refractivity contribution in [2.75, 3.05) is 20.4 Å². The van der Waals surface area contributed by atoms with E-state index in [1.807, 2.05) is 68.1 Å². The Labute approximate surface area is 303 Å². The Hall–Kier alpha value is -5.22. The number of nitrogens with zero attached hydrogens (tertiary/aromatic N) is 3. The van der Waals surface area contributed by atoms with Crippen molar-refractivity contribution in [3.05, 3.63) is 119 Å². The molecule has 0 bridgehead atoms. The molecule has 1 N–H and O–H groups in total. The minimum absolute atomic E-state index is 0.00463. The third-order valence-electron chi connectivity index (χ3n) is 9.82. The van der Waals surface area contributed by atoms with Crippen LogP contribution in [0.3, 0.4) is 0 Å². The first-order chi connectivity index (χ1) is 24.7. The fourth-order valence-corrected chi connectivity index (χ4v) is 7.56. The van der Waals surface area contributed by atoms with Crippen molar-refractivity contribution in [3.63, 3.8) is 0 Å². The number of imidazole rings is 1. The number of aromatic amines is 1. The maximum atomic E-state index is 14.9. The number of amides is 2. The average molecular weight is 705 g/mol. The Morgan fingerprint density at radius 1 is 0.962 bits per heavy atom. The van der Waals surface area contributed by atoms with Crippen LogP contribution in [0, 0.1) is 11.2 Å². The molecule has 1 aromatic heterocycles. The maximum Gasteiger partial charge on any atom is 0.410 e. The van der Waals surface area contributed by atoms with Crippen LogP contribution in [0.4, 0.5) is 9.18 Å². The standard InChI is InChI=1S/C42H45FN4O5/c1-41(2,3)37-32(23-47(37)40(49)52-42(4,5)6)26-14-12-25(13-15-26)27-16-17-28-22-46(39(48)30(28)20-27)36(38-44-33-10-8-9-11-34(33)45-38)31-21-29(43)18-19-35(31)51-24-50-7/h8-21,32,36-37H,22-24H2,1-7H3,(H,44,45). The molecule has 2 amide bonds. The molecule has 4 aromatic carbocycles. The number of fused-ring (bicyclic) bond motifs is 2. The van der Waals surface area contributed by atoms with E-state index in [1.54, 1.807) is 11.0 Å². The second kappa shape index (κ2) is 13.4. The topological polar surface area (TPSA) is 97.0 Å². The van der Waals surface area contributed by atoms with E-state index in [9.17, 15) is 14.0 Å². The van der Waals surface area contributed by atoms with Crippen molar-refractivity contribution < 1.29 is 28.2 Å². The molecule has 0 saturated carbocycles. The Morgan fingerprint density at radius 3 is 2.38 bits per heavy atom. The molecule has 270 valence electrons. The highest BCUT2D eigenvalue weighted by molar-refractivity contribution is 6.00. The van der Waals surface area contributed by atoms with E-state index in [-0.39, 0.29) is 36.2 Å². The van der Waals surface area contributed by atoms with Crippen molar-refractivity contribution in [1.82, 2.24) is 19.8 Å². The molecule has 1 saturated heterocycles. The number of nitrogens with one attached hydrogen (secondary N) is 1. The number of aromatic nitrogens is 2. The normalized spacial score (nSPS) is 18.0. The number of ether oxygens (including phenoxy) is 3. The number of hydrogen-bond acceptors (Lipinski definition) is 6. The van der Waals surface area contributed by atoms with E-state index in [1.165, 1.54) is 19.2 Å². The summed E-state index contributed by atoms with van der Waals surface area (Å²) in [5.41, 5.74) is 5.79. The van der Waals surface area contributed by atoms with E-state index in [2.05, 4.69) is 50.0 Å². The first-order valence-corrected chi connectivity index (χ1v) is 17.6. The third-order valence-corrected chi connectivity index (χ3v) is 9.82. The smallest absolute Gasteiger partial charge is 0.410 e. The van der Waals surface area contributed by atoms with Gasteiger partial charge in [-0.25, -0.2) is 14.2 Å². The molecule has 0 spiro atoms. The van der Waals surface area contributed by atoms with Crippen LogP contribution in [0.25, 0.3) is 22.2 Å². The SMILES string of the molecule is COCOc1ccc(F)cc1C(c1nc2ccccc2[nH]1)N1Cc2ccc(-c3ccc(C4CN(C(=O)OC(C)(C)C)C4C(C)(C)C)cc3)cc2C1=O. The lowest BCUT2D eigenvalue weighted by atomic mass is 9.69. The Morgan fingerprint density at radius 2 is 1.69 bits per heavy atom. The summed E-state index contributed by atoms with van der Waals surface area (Å²) >= 11 is 0. The van der Waals surface area contributed by atoms with Crippen LogP contribution in [0.15, 0.2) is 84.9 Å². The van der Waals surface area contributed by atoms with Crippen LogP contribution in [-0.2, 0) is 16.0 Å². The first kappa shape index (κ1) is 35.2. The second-order valence-corrected chi connectivity index (χ2v) is 15.8. The molecule has 5 aromatic rings. The number of halogens is 1. The zero-order valence-electron chi connectivity index (χ0n) is 30.7. The number of para-hydroxylation sites is 2. The van der Waals surface area contributed by atoms with Gasteiger partial charge in [0.2, 0.25) is 0 Å². The molecule has 0 aliphatic carbocycles. The number of carbonyl (C=O) groups is 2. The Bertz CT molecular complexity index is 2100. The predicted octanol–water partition coefficient (Wildman–Crippen LogP) is 8.85. The number of rotatable bonds is 8. The molecular formula is C42H45FN4O5. The van der Waals surface area contributed by atoms with Gasteiger partial charge in [0.05, 0.1) is 11.0 Å². The summed E-state index contributed by atoms with van der Waals surface area (Å²) in [5, 5.41) is 0. The monoisotopic (exact) mass is 704 g/mol. The highest BCUT2D eigenvalue weighted by Crippen LogP contribution is 2.45. The van der Waals surface area contributed by atoms with Gasteiger partial charge in [0.25, 0.3) is 5.91 Å². The average Bonchev–Trinajstić information content (AvgIpc) is 3.63. The van der Waals surface area contributed by atoms with Gasteiger partial charge in [-0.05, 0) is 84.8 Å². The number of benzene rings is 4. The molecule has 10 heteroatoms. The van der Waals surface area contributed by atoms with Crippen molar-refractivity contribution in [1.29, 1.82) is 0 Å². The van der Waals surface area contributed by atoms with Gasteiger partial charge in [0.15, 0.2) is 6.79 Å². The second-order valence-electron chi connectivity index (χ2n) is 15.8. The fraction of sp³-hybridized carbons (Fsp3) is 0.357. The Balaban J connectivity index is 1.17. The van der Waals surface area contributed by atoms with Gasteiger partial charge in [-0.2, -0.15) is 0 Å². The molecular weight excluding hydrogens is 659 g/mol. The van der Waals surface area contributed by atoms with Crippen molar-refractivity contribution in [2.24, 2.45) is 5.41 Å². The zero-order valence-corrected chi connectivity index (χ0v) is 30.7. The molecule has 3 heterocycles. The van der Waals surface area contributed by atoms with Crippen LogP contribution in [0.1, 0.15) is 86.4 Å². The quantitative estimate of drug-likeness (QED) is 0.162. The zero-order chi connectivity index (χ0) is 36.9. The van der Waals surface area contributed by atoms with Gasteiger partial charge in [-0.1, -0.05) is 69.3 Å². The number of H-pyrrole nitrogens is 1. The molecule has 2 aliphatic heterocycles. The lowest BCUT2D eigenvalue weighted by Gasteiger charge is -2.54. The Kier molecular flexibility index (Phi) is 9.07. The van der Waals surface area contributed by atoms with Crippen molar-refractivity contribution in [2.45, 2.75) is 71.7 Å². The summed E-state index contributed by atoms with van der Waals surface area (Å²) < 4.78 is 31.6. The van der Waals surface area contributed by atoms with E-state index in [0.29, 0.717) is 35.8 Å². The minimum Gasteiger partial charge on any atom is -0.467 e. The molecule has 9 nitrogen and oxygen atoms in total. The minimum atomic E-state index is -0.768. The molecule has 3 unspecified atom stereocenters. The largest absolute Gasteiger partial charge is 0.467 e. The van der Waals surface area contributed by atoms with Crippen LogP contribution >= 0.6 is 0 Å². The van der Waals surface area contributed by atoms with Crippen molar-refractivity contribution >= 4 is 23.0 Å². The third kappa shape index (κ3) is 6.75. The predicted molar refractivity (Wildman–Crippen MR) is 198 cm³/mol. The number of methoxy groups -OCH3 is 1. The van der Waals surface area contributed by atoms with Gasteiger partial charge < -0.3 is 29.0 Å². The summed E-state index contributed by atoms with van der Waals surface area (Å²) in [4.78, 5) is 39.2. The molecule has 52 heavy (non-hydrogen) atoms. The molecule has 7 rings (SSSR count). The highest BCUT2D eigenvalue weighted by atomic mass is 19.1. The van der Waals surface area contributed by atoms with Crippen LogP contribution in [0.5, 0.6) is 5.75 Å².